The Hall–Kier alpha value is -2.67. The third-order valence-electron chi connectivity index (χ3n) is 5.28. The van der Waals surface area contributed by atoms with Crippen LogP contribution in [0.25, 0.3) is 10.9 Å². The number of benzene rings is 2. The fourth-order valence-corrected chi connectivity index (χ4v) is 4.05. The molecule has 1 fully saturated rings. The maximum atomic E-state index is 12.6. The zero-order valence-electron chi connectivity index (χ0n) is 17.1. The van der Waals surface area contributed by atoms with Crippen LogP contribution in [0.4, 0.5) is 17.1 Å². The van der Waals surface area contributed by atoms with E-state index in [1.54, 1.807) is 13.1 Å². The van der Waals surface area contributed by atoms with E-state index in [0.29, 0.717) is 22.9 Å². The molecule has 0 amide bonds. The Bertz CT molecular complexity index is 1060. The largest absolute Gasteiger partial charge is 0.462 e. The van der Waals surface area contributed by atoms with Gasteiger partial charge in [0.15, 0.2) is 0 Å². The number of morpholine rings is 1. The van der Waals surface area contributed by atoms with Crippen molar-refractivity contribution in [1.29, 1.82) is 0 Å². The van der Waals surface area contributed by atoms with Crippen LogP contribution in [0.2, 0.25) is 5.02 Å². The van der Waals surface area contributed by atoms with Crippen molar-refractivity contribution >= 4 is 45.5 Å². The van der Waals surface area contributed by atoms with E-state index in [-0.39, 0.29) is 0 Å². The summed E-state index contributed by atoms with van der Waals surface area (Å²) < 4.78 is 10.7. The molecule has 156 valence electrons. The highest BCUT2D eigenvalue weighted by Crippen LogP contribution is 2.33. The minimum absolute atomic E-state index is 0.294. The Balaban J connectivity index is 1.72. The highest BCUT2D eigenvalue weighted by molar-refractivity contribution is 6.31. The van der Waals surface area contributed by atoms with Gasteiger partial charge in [-0.3, -0.25) is 9.88 Å². The molecule has 0 spiro atoms. The number of fused-ring (bicyclic) bond motifs is 1. The summed E-state index contributed by atoms with van der Waals surface area (Å²) in [6.45, 7) is 7.52. The molecule has 2 heterocycles. The van der Waals surface area contributed by atoms with Gasteiger partial charge < -0.3 is 14.8 Å². The van der Waals surface area contributed by atoms with Gasteiger partial charge >= 0.3 is 5.97 Å². The lowest BCUT2D eigenvalue weighted by Crippen LogP contribution is -3.09. The number of ether oxygens (including phenoxy) is 2. The van der Waals surface area contributed by atoms with Gasteiger partial charge in [-0.05, 0) is 43.7 Å². The van der Waals surface area contributed by atoms with Gasteiger partial charge in [0.1, 0.15) is 24.3 Å². The van der Waals surface area contributed by atoms with Crippen LogP contribution >= 0.6 is 11.6 Å². The van der Waals surface area contributed by atoms with Gasteiger partial charge in [-0.15, -0.1) is 0 Å². The predicted octanol–water partition coefficient (Wildman–Crippen LogP) is 3.66. The summed E-state index contributed by atoms with van der Waals surface area (Å²) in [6, 6.07) is 12.0. The molecular formula is C23H25ClN3O3+. The topological polar surface area (TPSA) is 64.9 Å². The molecule has 1 saturated heterocycles. The maximum absolute atomic E-state index is 12.6. The Morgan fingerprint density at radius 2 is 1.97 bits per heavy atom. The number of carbonyl (C=O) groups excluding carboxylic acids is 1. The first-order chi connectivity index (χ1) is 14.6. The second-order valence-electron chi connectivity index (χ2n) is 7.30. The van der Waals surface area contributed by atoms with E-state index in [1.807, 2.05) is 31.2 Å². The van der Waals surface area contributed by atoms with Gasteiger partial charge in [0.25, 0.3) is 0 Å². The van der Waals surface area contributed by atoms with Crippen molar-refractivity contribution in [3.63, 3.8) is 0 Å². The highest BCUT2D eigenvalue weighted by atomic mass is 35.5. The van der Waals surface area contributed by atoms with Crippen LogP contribution in [-0.4, -0.2) is 43.9 Å². The number of carbonyl (C=O) groups is 1. The third kappa shape index (κ3) is 4.26. The number of quaternary nitrogens is 1. The molecule has 2 N–H and O–H groups in total. The Labute approximate surface area is 180 Å². The molecule has 1 aromatic heterocycles. The highest BCUT2D eigenvalue weighted by Gasteiger charge is 2.19. The normalized spacial score (nSPS) is 14.6. The molecule has 0 aliphatic carbocycles. The van der Waals surface area contributed by atoms with Crippen molar-refractivity contribution in [2.75, 3.05) is 38.2 Å². The molecule has 0 atom stereocenters. The second kappa shape index (κ2) is 9.00. The smallest absolute Gasteiger partial charge is 0.341 e. The van der Waals surface area contributed by atoms with Gasteiger partial charge in [-0.1, -0.05) is 11.6 Å². The molecular weight excluding hydrogens is 402 g/mol. The monoisotopic (exact) mass is 426 g/mol. The van der Waals surface area contributed by atoms with Crippen molar-refractivity contribution in [1.82, 2.24) is 4.98 Å². The second-order valence-corrected chi connectivity index (χ2v) is 7.74. The summed E-state index contributed by atoms with van der Waals surface area (Å²) in [5, 5.41) is 4.79. The molecule has 30 heavy (non-hydrogen) atoms. The summed E-state index contributed by atoms with van der Waals surface area (Å²) in [4.78, 5) is 18.5. The number of aromatic nitrogens is 1. The molecule has 0 saturated carbocycles. The Morgan fingerprint density at radius 1 is 1.23 bits per heavy atom. The fourth-order valence-electron chi connectivity index (χ4n) is 3.77. The summed E-state index contributed by atoms with van der Waals surface area (Å²) >= 11 is 6.31. The zero-order valence-corrected chi connectivity index (χ0v) is 17.9. The number of nitrogens with one attached hydrogen (secondary N) is 2. The molecule has 3 aromatic rings. The lowest BCUT2D eigenvalue weighted by atomic mass is 10.1. The number of hydrogen-bond acceptors (Lipinski definition) is 5. The predicted molar refractivity (Wildman–Crippen MR) is 118 cm³/mol. The molecule has 4 rings (SSSR count). The summed E-state index contributed by atoms with van der Waals surface area (Å²) in [7, 11) is 0. The van der Waals surface area contributed by atoms with Crippen molar-refractivity contribution in [2.45, 2.75) is 13.8 Å². The van der Waals surface area contributed by atoms with Crippen LogP contribution in [0.1, 0.15) is 22.8 Å². The van der Waals surface area contributed by atoms with E-state index in [1.165, 1.54) is 10.6 Å². The zero-order chi connectivity index (χ0) is 21.1. The first-order valence-electron chi connectivity index (χ1n) is 10.1. The maximum Gasteiger partial charge on any atom is 0.341 e. The molecule has 0 radical (unpaired) electrons. The first kappa shape index (κ1) is 20.6. The van der Waals surface area contributed by atoms with Gasteiger partial charge in [-0.25, -0.2) is 4.79 Å². The third-order valence-corrected chi connectivity index (χ3v) is 5.50. The Morgan fingerprint density at radius 3 is 2.67 bits per heavy atom. The van der Waals surface area contributed by atoms with E-state index in [4.69, 9.17) is 21.1 Å². The molecule has 0 bridgehead atoms. The van der Waals surface area contributed by atoms with Crippen LogP contribution in [0.15, 0.2) is 42.6 Å². The number of pyridine rings is 1. The SMILES string of the molecule is CCOC(=O)c1cnc2c(C)cc(Cl)cc2c1Nc1ccc([NH+]2CCOCC2)cc1. The van der Waals surface area contributed by atoms with Crippen LogP contribution in [-0.2, 0) is 9.47 Å². The van der Waals surface area contributed by atoms with E-state index in [0.717, 1.165) is 48.5 Å². The van der Waals surface area contributed by atoms with E-state index in [9.17, 15) is 4.79 Å². The molecule has 0 unspecified atom stereocenters. The molecule has 2 aromatic carbocycles. The van der Waals surface area contributed by atoms with Crippen LogP contribution < -0.4 is 10.2 Å². The van der Waals surface area contributed by atoms with E-state index in [2.05, 4.69) is 22.4 Å². The summed E-state index contributed by atoms with van der Waals surface area (Å²) in [5.41, 5.74) is 4.88. The summed E-state index contributed by atoms with van der Waals surface area (Å²) in [5.74, 6) is -0.415. The van der Waals surface area contributed by atoms with Crippen molar-refractivity contribution in [3.05, 3.63) is 58.7 Å². The molecule has 7 heteroatoms. The number of esters is 1. The minimum Gasteiger partial charge on any atom is -0.462 e. The number of rotatable bonds is 5. The van der Waals surface area contributed by atoms with Crippen molar-refractivity contribution in [2.24, 2.45) is 0 Å². The molecule has 6 nitrogen and oxygen atoms in total. The summed E-state index contributed by atoms with van der Waals surface area (Å²) in [6.07, 6.45) is 1.57. The van der Waals surface area contributed by atoms with Gasteiger partial charge in [0.2, 0.25) is 0 Å². The average molecular weight is 427 g/mol. The van der Waals surface area contributed by atoms with Crippen LogP contribution in [0.5, 0.6) is 0 Å². The van der Waals surface area contributed by atoms with Crippen LogP contribution in [0, 0.1) is 6.92 Å². The lowest BCUT2D eigenvalue weighted by molar-refractivity contribution is -0.842. The Kier molecular flexibility index (Phi) is 6.18. The van der Waals surface area contributed by atoms with E-state index < -0.39 is 5.97 Å². The lowest BCUT2D eigenvalue weighted by Gasteiger charge is -2.23. The van der Waals surface area contributed by atoms with Crippen molar-refractivity contribution < 1.29 is 19.2 Å². The average Bonchev–Trinajstić information content (AvgIpc) is 2.75. The number of hydrogen-bond donors (Lipinski definition) is 2. The quantitative estimate of drug-likeness (QED) is 0.609. The van der Waals surface area contributed by atoms with Gasteiger partial charge in [0.05, 0.1) is 31.0 Å². The molecule has 1 aliphatic rings. The van der Waals surface area contributed by atoms with Gasteiger partial charge in [0, 0.05) is 34.4 Å². The van der Waals surface area contributed by atoms with Crippen LogP contribution in [0.3, 0.4) is 0 Å². The van der Waals surface area contributed by atoms with Gasteiger partial charge in [-0.2, -0.15) is 0 Å². The van der Waals surface area contributed by atoms with Crippen molar-refractivity contribution in [3.8, 4) is 0 Å². The first-order valence-corrected chi connectivity index (χ1v) is 10.5. The minimum atomic E-state index is -0.415. The number of halogens is 1. The fraction of sp³-hybridized carbons (Fsp3) is 0.304. The number of nitrogens with zero attached hydrogens (tertiary/aromatic N) is 1. The number of anilines is 2. The standard InChI is InChI=1S/C23H24ClN3O3/c1-3-30-23(28)20-14-25-21-15(2)12-16(24)13-19(21)22(20)26-17-4-6-18(7-5-17)27-8-10-29-11-9-27/h4-7,12-14H,3,8-11H2,1-2H3,(H,25,26)/p+1. The number of aryl methyl sites for hydroxylation is 1. The molecule has 1 aliphatic heterocycles. The van der Waals surface area contributed by atoms with E-state index >= 15 is 0 Å².